The Morgan fingerprint density at radius 1 is 1.26 bits per heavy atom. The lowest BCUT2D eigenvalue weighted by Crippen LogP contribution is -2.14. The summed E-state index contributed by atoms with van der Waals surface area (Å²) < 4.78 is 2.30. The topological polar surface area (TPSA) is 56.7 Å². The Hall–Kier alpha value is -1.58. The Kier molecular flexibility index (Phi) is 3.17. The van der Waals surface area contributed by atoms with Crippen LogP contribution in [0.2, 0.25) is 0 Å². The highest BCUT2D eigenvalue weighted by atomic mass is 15.1. The van der Waals surface area contributed by atoms with Crippen LogP contribution in [0.4, 0.5) is 5.69 Å². The summed E-state index contributed by atoms with van der Waals surface area (Å²) in [4.78, 5) is 9.33. The summed E-state index contributed by atoms with van der Waals surface area (Å²) >= 11 is 0. The van der Waals surface area contributed by atoms with Crippen molar-refractivity contribution >= 4 is 16.9 Å². The molecule has 2 aromatic rings. The smallest absolute Gasteiger partial charge is 0.160 e. The van der Waals surface area contributed by atoms with Crippen molar-refractivity contribution in [2.24, 2.45) is 0 Å². The molecule has 0 saturated heterocycles. The molecule has 102 valence electrons. The molecule has 3 rings (SSSR count). The maximum Gasteiger partial charge on any atom is 0.160 e. The second-order valence-corrected chi connectivity index (χ2v) is 5.88. The van der Waals surface area contributed by atoms with Crippen molar-refractivity contribution in [2.45, 2.75) is 57.9 Å². The first-order valence-electron chi connectivity index (χ1n) is 7.30. The van der Waals surface area contributed by atoms with Crippen LogP contribution in [0.15, 0.2) is 12.3 Å². The summed E-state index contributed by atoms with van der Waals surface area (Å²) in [7, 11) is 0. The van der Waals surface area contributed by atoms with Gasteiger partial charge in [0, 0.05) is 12.0 Å². The molecule has 2 N–H and O–H groups in total. The zero-order valence-corrected chi connectivity index (χ0v) is 11.8. The fraction of sp³-hybridized carbons (Fsp3) is 0.600. The van der Waals surface area contributed by atoms with Crippen molar-refractivity contribution in [3.63, 3.8) is 0 Å². The minimum Gasteiger partial charge on any atom is -0.397 e. The Morgan fingerprint density at radius 3 is 2.68 bits per heavy atom. The minimum atomic E-state index is 0.387. The SMILES string of the molecule is CC(C)n1c(C2CCCCC2)nc2cc(N)cnc21. The van der Waals surface area contributed by atoms with Crippen molar-refractivity contribution in [3.8, 4) is 0 Å². The third-order valence-corrected chi connectivity index (χ3v) is 4.07. The normalized spacial score (nSPS) is 17.4. The van der Waals surface area contributed by atoms with Crippen LogP contribution in [0.1, 0.15) is 63.7 Å². The van der Waals surface area contributed by atoms with Crippen LogP contribution < -0.4 is 5.73 Å². The van der Waals surface area contributed by atoms with Crippen LogP contribution in [0.5, 0.6) is 0 Å². The number of aromatic nitrogens is 3. The molecule has 0 radical (unpaired) electrons. The lowest BCUT2D eigenvalue weighted by molar-refractivity contribution is 0.409. The van der Waals surface area contributed by atoms with Crippen molar-refractivity contribution in [1.82, 2.24) is 14.5 Å². The van der Waals surface area contributed by atoms with Crippen LogP contribution in [-0.4, -0.2) is 14.5 Å². The molecule has 4 nitrogen and oxygen atoms in total. The highest BCUT2D eigenvalue weighted by molar-refractivity contribution is 5.75. The van der Waals surface area contributed by atoms with E-state index in [0.29, 0.717) is 17.6 Å². The zero-order valence-electron chi connectivity index (χ0n) is 11.8. The molecule has 0 amide bonds. The van der Waals surface area contributed by atoms with E-state index in [2.05, 4.69) is 23.4 Å². The Bertz CT molecular complexity index is 579. The number of pyridine rings is 1. The zero-order chi connectivity index (χ0) is 13.4. The minimum absolute atomic E-state index is 0.387. The molecule has 1 fully saturated rings. The molecule has 0 atom stereocenters. The number of rotatable bonds is 2. The first-order chi connectivity index (χ1) is 9.16. The van der Waals surface area contributed by atoms with E-state index >= 15 is 0 Å². The third kappa shape index (κ3) is 2.20. The molecule has 0 aromatic carbocycles. The molecule has 19 heavy (non-hydrogen) atoms. The number of nitrogens with two attached hydrogens (primary N) is 1. The largest absolute Gasteiger partial charge is 0.397 e. The average Bonchev–Trinajstić information content (AvgIpc) is 2.78. The second-order valence-electron chi connectivity index (χ2n) is 5.88. The third-order valence-electron chi connectivity index (χ3n) is 4.07. The number of hydrogen-bond donors (Lipinski definition) is 1. The summed E-state index contributed by atoms with van der Waals surface area (Å²) in [6, 6.07) is 2.33. The van der Waals surface area contributed by atoms with Gasteiger partial charge in [-0.2, -0.15) is 0 Å². The Morgan fingerprint density at radius 2 is 2.00 bits per heavy atom. The van der Waals surface area contributed by atoms with Gasteiger partial charge in [0.15, 0.2) is 5.65 Å². The number of fused-ring (bicyclic) bond motifs is 1. The molecule has 1 saturated carbocycles. The number of imidazole rings is 1. The van der Waals surface area contributed by atoms with E-state index < -0.39 is 0 Å². The van der Waals surface area contributed by atoms with Gasteiger partial charge >= 0.3 is 0 Å². The molecule has 4 heteroatoms. The van der Waals surface area contributed by atoms with Gasteiger partial charge in [0.1, 0.15) is 11.3 Å². The summed E-state index contributed by atoms with van der Waals surface area (Å²) in [5, 5.41) is 0. The quantitative estimate of drug-likeness (QED) is 0.894. The maximum absolute atomic E-state index is 5.83. The van der Waals surface area contributed by atoms with E-state index in [1.165, 1.54) is 37.9 Å². The van der Waals surface area contributed by atoms with E-state index in [1.807, 2.05) is 6.07 Å². The fourth-order valence-electron chi connectivity index (χ4n) is 3.17. The lowest BCUT2D eigenvalue weighted by atomic mass is 9.88. The number of anilines is 1. The number of nitrogen functional groups attached to an aromatic ring is 1. The van der Waals surface area contributed by atoms with Crippen molar-refractivity contribution in [1.29, 1.82) is 0 Å². The first kappa shape index (κ1) is 12.5. The Balaban J connectivity index is 2.13. The predicted octanol–water partition coefficient (Wildman–Crippen LogP) is 3.64. The standard InChI is InChI=1S/C15H22N4/c1-10(2)19-14(11-6-4-3-5-7-11)18-13-8-12(16)9-17-15(13)19/h8-11H,3-7,16H2,1-2H3. The van der Waals surface area contributed by atoms with Gasteiger partial charge in [-0.05, 0) is 32.8 Å². The first-order valence-corrected chi connectivity index (χ1v) is 7.30. The van der Waals surface area contributed by atoms with E-state index in [4.69, 9.17) is 10.7 Å². The highest BCUT2D eigenvalue weighted by Crippen LogP contribution is 2.35. The molecule has 1 aliphatic rings. The lowest BCUT2D eigenvalue weighted by Gasteiger charge is -2.23. The van der Waals surface area contributed by atoms with E-state index in [-0.39, 0.29) is 0 Å². The van der Waals surface area contributed by atoms with Gasteiger partial charge in [0.05, 0.1) is 11.9 Å². The Labute approximate surface area is 114 Å². The van der Waals surface area contributed by atoms with Gasteiger partial charge in [-0.15, -0.1) is 0 Å². The number of nitrogens with zero attached hydrogens (tertiary/aromatic N) is 3. The molecule has 2 aromatic heterocycles. The molecular weight excluding hydrogens is 236 g/mol. The van der Waals surface area contributed by atoms with Gasteiger partial charge in [-0.3, -0.25) is 0 Å². The van der Waals surface area contributed by atoms with Gasteiger partial charge in [0.2, 0.25) is 0 Å². The van der Waals surface area contributed by atoms with Gasteiger partial charge in [-0.1, -0.05) is 19.3 Å². The number of hydrogen-bond acceptors (Lipinski definition) is 3. The molecular formula is C15H22N4. The summed E-state index contributed by atoms with van der Waals surface area (Å²) in [5.74, 6) is 1.80. The van der Waals surface area contributed by atoms with Crippen molar-refractivity contribution < 1.29 is 0 Å². The highest BCUT2D eigenvalue weighted by Gasteiger charge is 2.24. The fourth-order valence-corrected chi connectivity index (χ4v) is 3.17. The molecule has 0 bridgehead atoms. The molecule has 0 unspecified atom stereocenters. The molecule has 2 heterocycles. The van der Waals surface area contributed by atoms with Crippen LogP contribution in [0.25, 0.3) is 11.2 Å². The van der Waals surface area contributed by atoms with E-state index in [9.17, 15) is 0 Å². The molecule has 1 aliphatic carbocycles. The summed E-state index contributed by atoms with van der Waals surface area (Å²) in [6.45, 7) is 4.40. The van der Waals surface area contributed by atoms with Crippen LogP contribution in [0, 0.1) is 0 Å². The molecule has 0 spiro atoms. The van der Waals surface area contributed by atoms with Crippen LogP contribution >= 0.6 is 0 Å². The van der Waals surface area contributed by atoms with Crippen LogP contribution in [-0.2, 0) is 0 Å². The predicted molar refractivity (Wildman–Crippen MR) is 78.2 cm³/mol. The van der Waals surface area contributed by atoms with Crippen LogP contribution in [0.3, 0.4) is 0 Å². The second kappa shape index (κ2) is 4.83. The maximum atomic E-state index is 5.83. The van der Waals surface area contributed by atoms with E-state index in [1.54, 1.807) is 6.20 Å². The van der Waals surface area contributed by atoms with Crippen molar-refractivity contribution in [3.05, 3.63) is 18.1 Å². The van der Waals surface area contributed by atoms with Gasteiger partial charge < -0.3 is 10.3 Å². The average molecular weight is 258 g/mol. The summed E-state index contributed by atoms with van der Waals surface area (Å²) in [5.41, 5.74) is 8.43. The van der Waals surface area contributed by atoms with Gasteiger partial charge in [-0.25, -0.2) is 9.97 Å². The molecule has 0 aliphatic heterocycles. The van der Waals surface area contributed by atoms with Gasteiger partial charge in [0.25, 0.3) is 0 Å². The summed E-state index contributed by atoms with van der Waals surface area (Å²) in [6.07, 6.45) is 8.25. The van der Waals surface area contributed by atoms with Crippen molar-refractivity contribution in [2.75, 3.05) is 5.73 Å². The van der Waals surface area contributed by atoms with E-state index in [0.717, 1.165) is 11.2 Å². The monoisotopic (exact) mass is 258 g/mol.